The van der Waals surface area contributed by atoms with Crippen LogP contribution in [0.25, 0.3) is 0 Å². The Morgan fingerprint density at radius 3 is 2.47 bits per heavy atom. The van der Waals surface area contributed by atoms with E-state index < -0.39 is 15.8 Å². The highest BCUT2D eigenvalue weighted by Gasteiger charge is 2.33. The van der Waals surface area contributed by atoms with Gasteiger partial charge in [0.15, 0.2) is 15.6 Å². The average molecular weight is 293 g/mol. The van der Waals surface area contributed by atoms with Gasteiger partial charge in [0.05, 0.1) is 21.6 Å². The zero-order valence-electron chi connectivity index (χ0n) is 8.82. The quantitative estimate of drug-likeness (QED) is 0.788. The van der Waals surface area contributed by atoms with Gasteiger partial charge in [0.2, 0.25) is 0 Å². The van der Waals surface area contributed by atoms with Gasteiger partial charge in [-0.25, -0.2) is 8.42 Å². The number of hydrogen-bond acceptors (Lipinski definition) is 3. The summed E-state index contributed by atoms with van der Waals surface area (Å²) in [4.78, 5) is 12.0. The van der Waals surface area contributed by atoms with Crippen molar-refractivity contribution in [3.8, 4) is 0 Å². The molecule has 0 saturated carbocycles. The van der Waals surface area contributed by atoms with Gasteiger partial charge >= 0.3 is 0 Å². The Morgan fingerprint density at radius 2 is 1.94 bits per heavy atom. The Balaban J connectivity index is 2.23. The predicted octanol–water partition coefficient (Wildman–Crippen LogP) is 2.61. The van der Waals surface area contributed by atoms with Crippen molar-refractivity contribution in [2.75, 3.05) is 11.5 Å². The van der Waals surface area contributed by atoms with Crippen molar-refractivity contribution in [2.45, 2.75) is 6.42 Å². The second kappa shape index (κ2) is 4.59. The van der Waals surface area contributed by atoms with Gasteiger partial charge in [-0.1, -0.05) is 23.2 Å². The minimum atomic E-state index is -3.05. The summed E-state index contributed by atoms with van der Waals surface area (Å²) in [5, 5.41) is 0.681. The van der Waals surface area contributed by atoms with Gasteiger partial charge in [-0.3, -0.25) is 4.79 Å². The van der Waals surface area contributed by atoms with Crippen LogP contribution in [-0.4, -0.2) is 25.7 Å². The second-order valence-electron chi connectivity index (χ2n) is 4.09. The molecule has 6 heteroatoms. The molecule has 0 bridgehead atoms. The topological polar surface area (TPSA) is 51.2 Å². The summed E-state index contributed by atoms with van der Waals surface area (Å²) in [6, 6.07) is 4.60. The summed E-state index contributed by atoms with van der Waals surface area (Å²) in [5.41, 5.74) is 0.418. The number of rotatable bonds is 2. The molecule has 1 heterocycles. The molecule has 92 valence electrons. The molecule has 0 N–H and O–H groups in total. The van der Waals surface area contributed by atoms with E-state index in [1.807, 2.05) is 0 Å². The van der Waals surface area contributed by atoms with Crippen LogP contribution in [0.15, 0.2) is 18.2 Å². The first-order valence-corrected chi connectivity index (χ1v) is 7.66. The van der Waals surface area contributed by atoms with E-state index in [2.05, 4.69) is 0 Å². The zero-order valence-corrected chi connectivity index (χ0v) is 11.1. The van der Waals surface area contributed by atoms with Crippen LogP contribution in [0.3, 0.4) is 0 Å². The van der Waals surface area contributed by atoms with Gasteiger partial charge in [0.1, 0.15) is 0 Å². The number of Topliss-reactive ketones (excluding diaryl/α,β-unsaturated/α-hetero) is 1. The molecule has 17 heavy (non-hydrogen) atoms. The summed E-state index contributed by atoms with van der Waals surface area (Å²) >= 11 is 11.6. The molecule has 0 amide bonds. The summed E-state index contributed by atoms with van der Waals surface area (Å²) in [7, 11) is -3.05. The molecule has 1 fully saturated rings. The maximum Gasteiger partial charge on any atom is 0.167 e. The van der Waals surface area contributed by atoms with E-state index in [4.69, 9.17) is 23.2 Å². The van der Waals surface area contributed by atoms with E-state index in [9.17, 15) is 13.2 Å². The first kappa shape index (κ1) is 12.9. The monoisotopic (exact) mass is 292 g/mol. The molecule has 1 saturated heterocycles. The Hall–Kier alpha value is -0.580. The minimum absolute atomic E-state index is 0.0634. The van der Waals surface area contributed by atoms with Gasteiger partial charge in [-0.15, -0.1) is 0 Å². The lowest BCUT2D eigenvalue weighted by molar-refractivity contribution is 0.0933. The first-order valence-electron chi connectivity index (χ1n) is 5.09. The Kier molecular flexibility index (Phi) is 3.48. The summed E-state index contributed by atoms with van der Waals surface area (Å²) < 4.78 is 22.6. The van der Waals surface area contributed by atoms with Crippen molar-refractivity contribution in [1.82, 2.24) is 0 Å². The van der Waals surface area contributed by atoms with Gasteiger partial charge in [-0.2, -0.15) is 0 Å². The molecule has 1 atom stereocenters. The van der Waals surface area contributed by atoms with Gasteiger partial charge in [0, 0.05) is 11.5 Å². The van der Waals surface area contributed by atoms with Crippen molar-refractivity contribution >= 4 is 38.8 Å². The molecule has 2 rings (SSSR count). The van der Waals surface area contributed by atoms with Crippen LogP contribution in [0.2, 0.25) is 10.0 Å². The number of carbonyl (C=O) groups is 1. The van der Waals surface area contributed by atoms with E-state index >= 15 is 0 Å². The minimum Gasteiger partial charge on any atom is -0.294 e. The maximum absolute atomic E-state index is 12.0. The lowest BCUT2D eigenvalue weighted by Crippen LogP contribution is -2.16. The van der Waals surface area contributed by atoms with Crippen LogP contribution in [0.4, 0.5) is 0 Å². The summed E-state index contributed by atoms with van der Waals surface area (Å²) in [6.45, 7) is 0. The van der Waals surface area contributed by atoms with E-state index in [0.717, 1.165) is 0 Å². The largest absolute Gasteiger partial charge is 0.294 e. The Bertz CT molecular complexity index is 566. The third-order valence-electron chi connectivity index (χ3n) is 2.81. The third kappa shape index (κ3) is 2.81. The lowest BCUT2D eigenvalue weighted by atomic mass is 9.97. The van der Waals surface area contributed by atoms with Crippen LogP contribution in [0.5, 0.6) is 0 Å². The fourth-order valence-corrected chi connectivity index (χ4v) is 3.93. The second-order valence-corrected chi connectivity index (χ2v) is 7.14. The molecule has 1 aromatic rings. The van der Waals surface area contributed by atoms with Crippen LogP contribution in [0.1, 0.15) is 16.8 Å². The molecule has 0 aliphatic carbocycles. The average Bonchev–Trinajstić information content (AvgIpc) is 2.62. The number of hydrogen-bond donors (Lipinski definition) is 0. The lowest BCUT2D eigenvalue weighted by Gasteiger charge is -2.07. The molecule has 0 radical (unpaired) electrons. The van der Waals surface area contributed by atoms with Gasteiger partial charge in [-0.05, 0) is 24.6 Å². The van der Waals surface area contributed by atoms with E-state index in [0.29, 0.717) is 22.0 Å². The molecular weight excluding hydrogens is 283 g/mol. The zero-order chi connectivity index (χ0) is 12.6. The molecule has 1 aromatic carbocycles. The van der Waals surface area contributed by atoms with Crippen molar-refractivity contribution in [3.63, 3.8) is 0 Å². The van der Waals surface area contributed by atoms with Crippen LogP contribution >= 0.6 is 23.2 Å². The fourth-order valence-electron chi connectivity index (χ4n) is 1.89. The third-order valence-corrected chi connectivity index (χ3v) is 5.31. The molecule has 0 aromatic heterocycles. The number of benzene rings is 1. The van der Waals surface area contributed by atoms with E-state index in [1.54, 1.807) is 12.1 Å². The predicted molar refractivity (Wildman–Crippen MR) is 67.6 cm³/mol. The Labute approximate surface area is 110 Å². The molecule has 1 unspecified atom stereocenters. The Morgan fingerprint density at radius 1 is 1.24 bits per heavy atom. The number of halogens is 2. The molecule has 1 aliphatic rings. The number of sulfone groups is 1. The smallest absolute Gasteiger partial charge is 0.167 e. The fraction of sp³-hybridized carbons (Fsp3) is 0.364. The van der Waals surface area contributed by atoms with Crippen LogP contribution < -0.4 is 0 Å². The first-order chi connectivity index (χ1) is 7.89. The highest BCUT2D eigenvalue weighted by Crippen LogP contribution is 2.27. The van der Waals surface area contributed by atoms with Crippen molar-refractivity contribution in [2.24, 2.45) is 5.92 Å². The molecular formula is C11H10Cl2O3S. The standard InChI is InChI=1S/C11H10Cl2O3S/c12-9-2-1-7(5-10(9)13)11(14)8-3-4-17(15,16)6-8/h1-2,5,8H,3-4,6H2. The summed E-state index contributed by atoms with van der Waals surface area (Å²) in [5.74, 6) is -0.599. The molecule has 1 aliphatic heterocycles. The van der Waals surface area contributed by atoms with Gasteiger partial charge < -0.3 is 0 Å². The summed E-state index contributed by atoms with van der Waals surface area (Å²) in [6.07, 6.45) is 0.390. The highest BCUT2D eigenvalue weighted by molar-refractivity contribution is 7.91. The van der Waals surface area contributed by atoms with Crippen molar-refractivity contribution in [3.05, 3.63) is 33.8 Å². The molecule has 3 nitrogen and oxygen atoms in total. The number of carbonyl (C=O) groups excluding carboxylic acids is 1. The maximum atomic E-state index is 12.0. The van der Waals surface area contributed by atoms with Gasteiger partial charge in [0.25, 0.3) is 0 Å². The SMILES string of the molecule is O=C(c1ccc(Cl)c(Cl)c1)C1CCS(=O)(=O)C1. The highest BCUT2D eigenvalue weighted by atomic mass is 35.5. The van der Waals surface area contributed by atoms with E-state index in [-0.39, 0.29) is 17.3 Å². The van der Waals surface area contributed by atoms with Crippen LogP contribution in [0, 0.1) is 5.92 Å². The number of ketones is 1. The van der Waals surface area contributed by atoms with Crippen LogP contribution in [-0.2, 0) is 9.84 Å². The normalized spacial score (nSPS) is 22.6. The molecule has 0 spiro atoms. The van der Waals surface area contributed by atoms with Crippen molar-refractivity contribution < 1.29 is 13.2 Å². The van der Waals surface area contributed by atoms with E-state index in [1.165, 1.54) is 6.07 Å². The van der Waals surface area contributed by atoms with Crippen molar-refractivity contribution in [1.29, 1.82) is 0 Å².